The van der Waals surface area contributed by atoms with Crippen molar-refractivity contribution in [3.63, 3.8) is 0 Å². The summed E-state index contributed by atoms with van der Waals surface area (Å²) in [5.41, 5.74) is 3.38. The molecule has 0 fully saturated rings. The number of hydrogen-bond donors (Lipinski definition) is 0. The lowest BCUT2D eigenvalue weighted by atomic mass is 10.0. The van der Waals surface area contributed by atoms with Gasteiger partial charge in [0.15, 0.2) is 0 Å². The Labute approximate surface area is 125 Å². The summed E-state index contributed by atoms with van der Waals surface area (Å²) in [4.78, 5) is 0. The van der Waals surface area contributed by atoms with Crippen molar-refractivity contribution < 1.29 is 8.81 Å². The second-order valence-corrected chi connectivity index (χ2v) is 5.32. The molecular weight excluding hydrogens is 287 g/mol. The first kappa shape index (κ1) is 12.4. The molecule has 0 amide bonds. The molecule has 0 atom stereocenters. The standard InChI is InChI=1S/C18H10ClFO/c19-15-10-11(8-9-16(15)20)12-5-3-6-14-13-4-1-2-7-17(13)21-18(12)14/h1-10H. The van der Waals surface area contributed by atoms with Crippen molar-refractivity contribution >= 4 is 33.5 Å². The number of fused-ring (bicyclic) bond motifs is 3. The van der Waals surface area contributed by atoms with E-state index in [1.807, 2.05) is 42.5 Å². The predicted molar refractivity (Wildman–Crippen MR) is 84.1 cm³/mol. The van der Waals surface area contributed by atoms with Crippen molar-refractivity contribution in [1.29, 1.82) is 0 Å². The highest BCUT2D eigenvalue weighted by atomic mass is 35.5. The van der Waals surface area contributed by atoms with Crippen LogP contribution in [0.3, 0.4) is 0 Å². The van der Waals surface area contributed by atoms with Gasteiger partial charge in [-0.2, -0.15) is 0 Å². The summed E-state index contributed by atoms with van der Waals surface area (Å²) in [6.07, 6.45) is 0. The predicted octanol–water partition coefficient (Wildman–Crippen LogP) is 6.05. The van der Waals surface area contributed by atoms with Crippen LogP contribution in [0, 0.1) is 5.82 Å². The van der Waals surface area contributed by atoms with Crippen molar-refractivity contribution in [2.75, 3.05) is 0 Å². The molecule has 0 unspecified atom stereocenters. The lowest BCUT2D eigenvalue weighted by Gasteiger charge is -2.04. The van der Waals surface area contributed by atoms with Crippen LogP contribution >= 0.6 is 11.6 Å². The van der Waals surface area contributed by atoms with Crippen molar-refractivity contribution in [2.45, 2.75) is 0 Å². The highest BCUT2D eigenvalue weighted by Crippen LogP contribution is 2.36. The molecule has 0 aliphatic heterocycles. The van der Waals surface area contributed by atoms with Gasteiger partial charge in [-0.15, -0.1) is 0 Å². The lowest BCUT2D eigenvalue weighted by molar-refractivity contribution is 0.628. The summed E-state index contributed by atoms with van der Waals surface area (Å²) >= 11 is 5.89. The first-order valence-corrected chi connectivity index (χ1v) is 6.97. The summed E-state index contributed by atoms with van der Waals surface area (Å²) in [6.45, 7) is 0. The van der Waals surface area contributed by atoms with E-state index in [-0.39, 0.29) is 5.02 Å². The highest BCUT2D eigenvalue weighted by Gasteiger charge is 2.12. The summed E-state index contributed by atoms with van der Waals surface area (Å²) in [5.74, 6) is -0.419. The molecule has 102 valence electrons. The monoisotopic (exact) mass is 296 g/mol. The third-order valence-corrected chi connectivity index (χ3v) is 3.92. The van der Waals surface area contributed by atoms with Crippen molar-refractivity contribution in [1.82, 2.24) is 0 Å². The zero-order valence-corrected chi connectivity index (χ0v) is 11.7. The average Bonchev–Trinajstić information content (AvgIpc) is 2.89. The molecule has 0 radical (unpaired) electrons. The SMILES string of the molecule is Fc1ccc(-c2cccc3c2oc2ccccc23)cc1Cl. The zero-order chi connectivity index (χ0) is 14.4. The molecule has 1 nitrogen and oxygen atoms in total. The van der Waals surface area contributed by atoms with Crippen LogP contribution < -0.4 is 0 Å². The molecule has 4 aromatic rings. The highest BCUT2D eigenvalue weighted by molar-refractivity contribution is 6.31. The molecule has 0 bridgehead atoms. The second kappa shape index (κ2) is 4.61. The molecule has 4 rings (SSSR count). The maximum absolute atomic E-state index is 13.3. The average molecular weight is 297 g/mol. The topological polar surface area (TPSA) is 13.1 Å². The fourth-order valence-corrected chi connectivity index (χ4v) is 2.82. The maximum Gasteiger partial charge on any atom is 0.143 e. The van der Waals surface area contributed by atoms with Gasteiger partial charge in [-0.05, 0) is 23.8 Å². The number of rotatable bonds is 1. The van der Waals surface area contributed by atoms with Crippen molar-refractivity contribution in [2.24, 2.45) is 0 Å². The van der Waals surface area contributed by atoms with Crippen LogP contribution in [-0.2, 0) is 0 Å². The van der Waals surface area contributed by atoms with Gasteiger partial charge in [0.25, 0.3) is 0 Å². The minimum Gasteiger partial charge on any atom is -0.455 e. The number of halogens is 2. The van der Waals surface area contributed by atoms with Crippen LogP contribution in [0.1, 0.15) is 0 Å². The molecule has 0 saturated heterocycles. The fourth-order valence-electron chi connectivity index (χ4n) is 2.64. The van der Waals surface area contributed by atoms with Crippen LogP contribution in [0.25, 0.3) is 33.1 Å². The normalized spacial score (nSPS) is 11.3. The van der Waals surface area contributed by atoms with Gasteiger partial charge >= 0.3 is 0 Å². The largest absolute Gasteiger partial charge is 0.455 e. The van der Waals surface area contributed by atoms with Crippen LogP contribution in [0.4, 0.5) is 4.39 Å². The van der Waals surface area contributed by atoms with Gasteiger partial charge in [-0.1, -0.05) is 54.1 Å². The van der Waals surface area contributed by atoms with Crippen LogP contribution in [0.2, 0.25) is 5.02 Å². The smallest absolute Gasteiger partial charge is 0.143 e. The molecular formula is C18H10ClFO. The Hall–Kier alpha value is -2.32. The molecule has 0 saturated carbocycles. The molecule has 0 aliphatic rings. The number of benzene rings is 3. The Bertz CT molecular complexity index is 971. The Morgan fingerprint density at radius 1 is 0.857 bits per heavy atom. The van der Waals surface area contributed by atoms with Gasteiger partial charge in [0.1, 0.15) is 17.0 Å². The van der Waals surface area contributed by atoms with Gasteiger partial charge in [0, 0.05) is 16.3 Å². The van der Waals surface area contributed by atoms with E-state index in [0.717, 1.165) is 33.1 Å². The first-order valence-electron chi connectivity index (χ1n) is 6.60. The maximum atomic E-state index is 13.3. The summed E-state index contributed by atoms with van der Waals surface area (Å²) < 4.78 is 19.3. The molecule has 21 heavy (non-hydrogen) atoms. The van der Waals surface area contributed by atoms with Gasteiger partial charge < -0.3 is 4.42 Å². The zero-order valence-electron chi connectivity index (χ0n) is 10.9. The van der Waals surface area contributed by atoms with Crippen molar-refractivity contribution in [3.05, 3.63) is 71.5 Å². The Morgan fingerprint density at radius 2 is 1.67 bits per heavy atom. The summed E-state index contributed by atoms with van der Waals surface area (Å²) in [6, 6.07) is 18.6. The Balaban J connectivity index is 2.06. The van der Waals surface area contributed by atoms with Gasteiger partial charge in [-0.3, -0.25) is 0 Å². The molecule has 0 spiro atoms. The third-order valence-electron chi connectivity index (χ3n) is 3.63. The molecule has 3 aromatic carbocycles. The summed E-state index contributed by atoms with van der Waals surface area (Å²) in [7, 11) is 0. The molecule has 0 N–H and O–H groups in total. The minimum absolute atomic E-state index is 0.112. The van der Waals surface area contributed by atoms with E-state index in [1.54, 1.807) is 12.1 Å². The molecule has 0 aliphatic carbocycles. The van der Waals surface area contributed by atoms with E-state index in [9.17, 15) is 4.39 Å². The number of hydrogen-bond acceptors (Lipinski definition) is 1. The second-order valence-electron chi connectivity index (χ2n) is 4.91. The Morgan fingerprint density at radius 3 is 2.52 bits per heavy atom. The fraction of sp³-hybridized carbons (Fsp3) is 0. The van der Waals surface area contributed by atoms with Crippen LogP contribution in [0.15, 0.2) is 65.1 Å². The van der Waals surface area contributed by atoms with E-state index in [4.69, 9.17) is 16.0 Å². The third kappa shape index (κ3) is 1.91. The van der Waals surface area contributed by atoms with Gasteiger partial charge in [0.2, 0.25) is 0 Å². The number of furan rings is 1. The Kier molecular flexibility index (Phi) is 2.72. The van der Waals surface area contributed by atoms with Gasteiger partial charge in [-0.25, -0.2) is 4.39 Å². The van der Waals surface area contributed by atoms with E-state index >= 15 is 0 Å². The molecule has 3 heteroatoms. The van der Waals surface area contributed by atoms with Gasteiger partial charge in [0.05, 0.1) is 5.02 Å². The van der Waals surface area contributed by atoms with E-state index in [0.29, 0.717) is 0 Å². The van der Waals surface area contributed by atoms with Crippen LogP contribution in [0.5, 0.6) is 0 Å². The quantitative estimate of drug-likeness (QED) is 0.417. The van der Waals surface area contributed by atoms with E-state index < -0.39 is 5.82 Å². The molecule has 1 heterocycles. The van der Waals surface area contributed by atoms with E-state index in [1.165, 1.54) is 6.07 Å². The lowest BCUT2D eigenvalue weighted by Crippen LogP contribution is -1.82. The van der Waals surface area contributed by atoms with Crippen LogP contribution in [-0.4, -0.2) is 0 Å². The first-order chi connectivity index (χ1) is 10.2. The molecule has 1 aromatic heterocycles. The summed E-state index contributed by atoms with van der Waals surface area (Å²) in [5, 5.41) is 2.23. The van der Waals surface area contributed by atoms with Crippen molar-refractivity contribution in [3.8, 4) is 11.1 Å². The minimum atomic E-state index is -0.419. The van der Waals surface area contributed by atoms with E-state index in [2.05, 4.69) is 0 Å². The number of para-hydroxylation sites is 2.